The van der Waals surface area contributed by atoms with Gasteiger partial charge in [-0.05, 0) is 61.0 Å². The molecule has 0 atom stereocenters. The fraction of sp³-hybridized carbons (Fsp3) is 0.0833. The fourth-order valence-corrected chi connectivity index (χ4v) is 3.18. The number of aryl methyl sites for hydroxylation is 1. The maximum atomic E-state index is 13.4. The Labute approximate surface area is 173 Å². The first-order valence-electron chi connectivity index (χ1n) is 9.42. The summed E-state index contributed by atoms with van der Waals surface area (Å²) in [6.07, 6.45) is 1.67. The van der Waals surface area contributed by atoms with Crippen molar-refractivity contribution < 1.29 is 13.9 Å². The Morgan fingerprint density at radius 1 is 1.03 bits per heavy atom. The molecule has 0 aliphatic rings. The summed E-state index contributed by atoms with van der Waals surface area (Å²) in [4.78, 5) is 13.2. The maximum Gasteiger partial charge on any atom is 0.259 e. The molecule has 0 aliphatic heterocycles. The highest BCUT2D eigenvalue weighted by atomic mass is 19.1. The van der Waals surface area contributed by atoms with Gasteiger partial charge >= 0.3 is 0 Å². The van der Waals surface area contributed by atoms with Gasteiger partial charge in [-0.2, -0.15) is 5.10 Å². The zero-order valence-electron chi connectivity index (χ0n) is 16.6. The summed E-state index contributed by atoms with van der Waals surface area (Å²) >= 11 is 0. The van der Waals surface area contributed by atoms with Crippen LogP contribution in [0.4, 0.5) is 10.1 Å². The lowest BCUT2D eigenvalue weighted by Crippen LogP contribution is -2.13. The Kier molecular flexibility index (Phi) is 5.30. The molecule has 5 nitrogen and oxygen atoms in total. The molecule has 0 fully saturated rings. The predicted octanol–water partition coefficient (Wildman–Crippen LogP) is 5.25. The monoisotopic (exact) mass is 401 g/mol. The zero-order chi connectivity index (χ0) is 21.1. The number of carbonyl (C=O) groups excluding carboxylic acids is 1. The SMILES string of the molecule is COc1ccc(C)cc1NC(=O)c1cn(-c2ccccc2)nc1-c1ccc(F)cc1. The molecule has 4 aromatic rings. The Hall–Kier alpha value is -3.93. The van der Waals surface area contributed by atoms with Crippen molar-refractivity contribution in [3.63, 3.8) is 0 Å². The summed E-state index contributed by atoms with van der Waals surface area (Å²) in [7, 11) is 1.55. The van der Waals surface area contributed by atoms with E-state index in [1.807, 2.05) is 49.4 Å². The Balaban J connectivity index is 1.77. The normalized spacial score (nSPS) is 10.6. The van der Waals surface area contributed by atoms with Gasteiger partial charge in [0, 0.05) is 11.8 Å². The zero-order valence-corrected chi connectivity index (χ0v) is 16.6. The lowest BCUT2D eigenvalue weighted by Gasteiger charge is -2.11. The molecule has 0 unspecified atom stereocenters. The third-order valence-corrected chi connectivity index (χ3v) is 4.70. The van der Waals surface area contributed by atoms with Crippen molar-refractivity contribution in [2.45, 2.75) is 6.92 Å². The van der Waals surface area contributed by atoms with E-state index in [4.69, 9.17) is 4.74 Å². The number of halogens is 1. The van der Waals surface area contributed by atoms with E-state index < -0.39 is 0 Å². The number of ether oxygens (including phenoxy) is 1. The average Bonchev–Trinajstić information content (AvgIpc) is 3.21. The van der Waals surface area contributed by atoms with Gasteiger partial charge in [-0.15, -0.1) is 0 Å². The molecular formula is C24H20FN3O2. The number of aromatic nitrogens is 2. The Morgan fingerprint density at radius 2 is 1.77 bits per heavy atom. The second kappa shape index (κ2) is 8.21. The molecule has 6 heteroatoms. The number of nitrogens with one attached hydrogen (secondary N) is 1. The molecule has 0 bridgehead atoms. The molecule has 30 heavy (non-hydrogen) atoms. The number of para-hydroxylation sites is 1. The van der Waals surface area contributed by atoms with Crippen molar-refractivity contribution in [2.75, 3.05) is 12.4 Å². The minimum absolute atomic E-state index is 0.333. The van der Waals surface area contributed by atoms with E-state index >= 15 is 0 Å². The average molecular weight is 401 g/mol. The Morgan fingerprint density at radius 3 is 2.47 bits per heavy atom. The number of amides is 1. The van der Waals surface area contributed by atoms with Crippen LogP contribution in [0.15, 0.2) is 79.0 Å². The van der Waals surface area contributed by atoms with Gasteiger partial charge in [-0.3, -0.25) is 4.79 Å². The quantitative estimate of drug-likeness (QED) is 0.497. The van der Waals surface area contributed by atoms with Crippen LogP contribution >= 0.6 is 0 Å². The van der Waals surface area contributed by atoms with Crippen LogP contribution in [0.1, 0.15) is 15.9 Å². The van der Waals surface area contributed by atoms with E-state index in [1.54, 1.807) is 36.2 Å². The van der Waals surface area contributed by atoms with Crippen LogP contribution in [0.3, 0.4) is 0 Å². The fourth-order valence-electron chi connectivity index (χ4n) is 3.18. The number of methoxy groups -OCH3 is 1. The first-order valence-corrected chi connectivity index (χ1v) is 9.42. The molecule has 4 rings (SSSR count). The van der Waals surface area contributed by atoms with Crippen LogP contribution in [0.5, 0.6) is 5.75 Å². The molecular weight excluding hydrogens is 381 g/mol. The maximum absolute atomic E-state index is 13.4. The van der Waals surface area contributed by atoms with Gasteiger partial charge in [0.2, 0.25) is 0 Å². The lowest BCUT2D eigenvalue weighted by molar-refractivity contribution is 0.102. The highest BCUT2D eigenvalue weighted by Gasteiger charge is 2.20. The predicted molar refractivity (Wildman–Crippen MR) is 115 cm³/mol. The van der Waals surface area contributed by atoms with Gasteiger partial charge in [-0.1, -0.05) is 24.3 Å². The van der Waals surface area contributed by atoms with Crippen molar-refractivity contribution in [2.24, 2.45) is 0 Å². The molecule has 150 valence electrons. The van der Waals surface area contributed by atoms with Crippen LogP contribution < -0.4 is 10.1 Å². The molecule has 1 N–H and O–H groups in total. The van der Waals surface area contributed by atoms with Crippen molar-refractivity contribution in [3.8, 4) is 22.7 Å². The number of benzene rings is 3. The van der Waals surface area contributed by atoms with Gasteiger partial charge in [0.25, 0.3) is 5.91 Å². The minimum Gasteiger partial charge on any atom is -0.495 e. The van der Waals surface area contributed by atoms with Gasteiger partial charge in [0.1, 0.15) is 17.3 Å². The van der Waals surface area contributed by atoms with Crippen molar-refractivity contribution >= 4 is 11.6 Å². The highest BCUT2D eigenvalue weighted by molar-refractivity contribution is 6.08. The molecule has 0 saturated heterocycles. The summed E-state index contributed by atoms with van der Waals surface area (Å²) in [6.45, 7) is 1.94. The third-order valence-electron chi connectivity index (χ3n) is 4.70. The van der Waals surface area contributed by atoms with E-state index in [2.05, 4.69) is 10.4 Å². The summed E-state index contributed by atoms with van der Waals surface area (Å²) < 4.78 is 20.4. The highest BCUT2D eigenvalue weighted by Crippen LogP contribution is 2.28. The Bertz CT molecular complexity index is 1190. The molecule has 0 saturated carbocycles. The largest absolute Gasteiger partial charge is 0.495 e. The molecule has 3 aromatic carbocycles. The summed E-state index contributed by atoms with van der Waals surface area (Å²) in [6, 6.07) is 21.0. The third kappa shape index (κ3) is 3.93. The number of hydrogen-bond acceptors (Lipinski definition) is 3. The van der Waals surface area contributed by atoms with E-state index in [0.717, 1.165) is 11.3 Å². The molecule has 0 radical (unpaired) electrons. The summed E-state index contributed by atoms with van der Waals surface area (Å²) in [5.74, 6) is -0.120. The number of anilines is 1. The smallest absolute Gasteiger partial charge is 0.259 e. The topological polar surface area (TPSA) is 56.1 Å². The van der Waals surface area contributed by atoms with Gasteiger partial charge in [-0.25, -0.2) is 9.07 Å². The van der Waals surface area contributed by atoms with Crippen LogP contribution in [-0.2, 0) is 0 Å². The van der Waals surface area contributed by atoms with Crippen molar-refractivity contribution in [3.05, 3.63) is 95.9 Å². The van der Waals surface area contributed by atoms with E-state index in [9.17, 15) is 9.18 Å². The van der Waals surface area contributed by atoms with Crippen LogP contribution in [0.2, 0.25) is 0 Å². The van der Waals surface area contributed by atoms with Gasteiger partial charge in [0.15, 0.2) is 0 Å². The molecule has 1 aromatic heterocycles. The van der Waals surface area contributed by atoms with Crippen LogP contribution in [0.25, 0.3) is 16.9 Å². The van der Waals surface area contributed by atoms with Gasteiger partial charge < -0.3 is 10.1 Å². The minimum atomic E-state index is -0.350. The number of rotatable bonds is 5. The summed E-state index contributed by atoms with van der Waals surface area (Å²) in [5, 5.41) is 7.52. The van der Waals surface area contributed by atoms with E-state index in [-0.39, 0.29) is 11.7 Å². The second-order valence-electron chi connectivity index (χ2n) is 6.84. The first kappa shape index (κ1) is 19.4. The summed E-state index contributed by atoms with van der Waals surface area (Å²) in [5.41, 5.74) is 3.85. The standard InChI is InChI=1S/C24H20FN3O2/c1-16-8-13-22(30-2)21(14-16)26-24(29)20-15-28(19-6-4-3-5-7-19)27-23(20)17-9-11-18(25)12-10-17/h3-15H,1-2H3,(H,26,29). The van der Waals surface area contributed by atoms with Gasteiger partial charge in [0.05, 0.1) is 24.0 Å². The van der Waals surface area contributed by atoms with Crippen molar-refractivity contribution in [1.29, 1.82) is 0 Å². The van der Waals surface area contributed by atoms with Crippen LogP contribution in [0, 0.1) is 12.7 Å². The van der Waals surface area contributed by atoms with Crippen molar-refractivity contribution in [1.82, 2.24) is 9.78 Å². The molecule has 0 aliphatic carbocycles. The van der Waals surface area contributed by atoms with Crippen LogP contribution in [-0.4, -0.2) is 22.8 Å². The molecule has 0 spiro atoms. The number of hydrogen-bond donors (Lipinski definition) is 1. The molecule has 1 heterocycles. The second-order valence-corrected chi connectivity index (χ2v) is 6.84. The van der Waals surface area contributed by atoms with E-state index in [0.29, 0.717) is 28.3 Å². The molecule has 1 amide bonds. The van der Waals surface area contributed by atoms with E-state index in [1.165, 1.54) is 12.1 Å². The first-order chi connectivity index (χ1) is 14.5. The number of nitrogens with zero attached hydrogens (tertiary/aromatic N) is 2. The number of carbonyl (C=O) groups is 1. The lowest BCUT2D eigenvalue weighted by atomic mass is 10.1.